The number of hydrogen-bond donors (Lipinski definition) is 4. The fourth-order valence-electron chi connectivity index (χ4n) is 3.47. The highest BCUT2D eigenvalue weighted by Gasteiger charge is 2.47. The number of carbonyl (C=O) groups is 1. The number of benzene rings is 1. The zero-order valence-corrected chi connectivity index (χ0v) is 23.4. The number of para-hydroxylation sites is 1. The van der Waals surface area contributed by atoms with Gasteiger partial charge in [-0.1, -0.05) is 18.2 Å². The highest BCUT2D eigenvalue weighted by Crippen LogP contribution is 2.45. The van der Waals surface area contributed by atoms with Crippen LogP contribution in [0, 0.1) is 16.7 Å². The van der Waals surface area contributed by atoms with Gasteiger partial charge in [0, 0.05) is 13.7 Å². The van der Waals surface area contributed by atoms with E-state index in [1.807, 2.05) is 0 Å². The van der Waals surface area contributed by atoms with E-state index in [1.165, 1.54) is 35.1 Å². The number of nitrogens with zero attached hydrogens (tertiary/aromatic N) is 4. The van der Waals surface area contributed by atoms with Gasteiger partial charge in [-0.15, -0.1) is 0 Å². The number of rotatable bonds is 13. The van der Waals surface area contributed by atoms with Crippen molar-refractivity contribution in [3.63, 3.8) is 0 Å². The molecule has 3 rings (SSSR count). The van der Waals surface area contributed by atoms with Crippen molar-refractivity contribution in [3.8, 4) is 11.8 Å². The summed E-state index contributed by atoms with van der Waals surface area (Å²) in [6, 6.07) is 12.9. The quantitative estimate of drug-likeness (QED) is 0.131. The number of aliphatic hydroxyl groups is 2. The van der Waals surface area contributed by atoms with E-state index in [-0.39, 0.29) is 30.4 Å². The number of anilines is 1. The molecule has 1 unspecified atom stereocenters. The normalized spacial score (nSPS) is 16.3. The molecule has 0 amide bonds. The van der Waals surface area contributed by atoms with Crippen molar-refractivity contribution in [2.45, 2.75) is 38.6 Å². The monoisotopic (exact) mass is 576 g/mol. The average molecular weight is 577 g/mol. The first-order chi connectivity index (χ1) is 18.9. The fraction of sp³-hybridized carbons (Fsp3) is 0.440. The van der Waals surface area contributed by atoms with Gasteiger partial charge in [-0.2, -0.15) is 10.4 Å². The number of ether oxygens (including phenoxy) is 2. The molecule has 0 saturated carbocycles. The molecule has 2 heterocycles. The van der Waals surface area contributed by atoms with E-state index in [1.54, 1.807) is 45.0 Å². The number of aromatic nitrogens is 3. The van der Waals surface area contributed by atoms with Gasteiger partial charge in [0.15, 0.2) is 5.82 Å². The molecule has 0 aliphatic carbocycles. The molecule has 4 atom stereocenters. The van der Waals surface area contributed by atoms with Crippen molar-refractivity contribution >= 4 is 25.1 Å². The Labute approximate surface area is 231 Å². The van der Waals surface area contributed by atoms with Crippen molar-refractivity contribution < 1.29 is 38.1 Å². The van der Waals surface area contributed by atoms with E-state index in [4.69, 9.17) is 24.3 Å². The molecule has 3 aromatic rings. The van der Waals surface area contributed by atoms with Crippen LogP contribution in [0.1, 0.15) is 32.6 Å². The summed E-state index contributed by atoms with van der Waals surface area (Å²) in [5.41, 5.74) is 3.36. The third kappa shape index (κ3) is 7.14. The van der Waals surface area contributed by atoms with Crippen LogP contribution in [0.25, 0.3) is 5.52 Å². The molecule has 5 N–H and O–H groups in total. The minimum Gasteiger partial charge on any atom is -0.464 e. The second-order valence-electron chi connectivity index (χ2n) is 9.76. The highest BCUT2D eigenvalue weighted by atomic mass is 31.2. The van der Waals surface area contributed by atoms with E-state index in [9.17, 15) is 24.8 Å². The molecule has 14 nitrogen and oxygen atoms in total. The van der Waals surface area contributed by atoms with Crippen LogP contribution in [0.5, 0.6) is 5.75 Å². The van der Waals surface area contributed by atoms with Crippen LogP contribution >= 0.6 is 7.75 Å². The van der Waals surface area contributed by atoms with Crippen molar-refractivity contribution in [1.29, 1.82) is 5.26 Å². The van der Waals surface area contributed by atoms with Gasteiger partial charge in [-0.25, -0.2) is 19.2 Å². The molecule has 0 aliphatic rings. The van der Waals surface area contributed by atoms with Crippen LogP contribution in [0.15, 0.2) is 48.8 Å². The Morgan fingerprint density at radius 3 is 2.55 bits per heavy atom. The average Bonchev–Trinajstić information content (AvgIpc) is 3.37. The molecule has 0 fully saturated rings. The number of fused-ring (bicyclic) bond motifs is 1. The largest absolute Gasteiger partial charge is 0.464 e. The third-order valence-electron chi connectivity index (χ3n) is 5.82. The number of methoxy groups -OCH3 is 1. The Morgan fingerprint density at radius 2 is 1.93 bits per heavy atom. The van der Waals surface area contributed by atoms with Crippen molar-refractivity contribution in [2.75, 3.05) is 32.6 Å². The number of carbonyl (C=O) groups excluding carboxylic acids is 1. The number of esters is 1. The number of nitriles is 1. The van der Waals surface area contributed by atoms with Crippen LogP contribution in [0.3, 0.4) is 0 Å². The van der Waals surface area contributed by atoms with Crippen LogP contribution in [0.4, 0.5) is 5.82 Å². The first kappa shape index (κ1) is 31.0. The molecule has 15 heteroatoms. The summed E-state index contributed by atoms with van der Waals surface area (Å²) in [5, 5.41) is 38.7. The van der Waals surface area contributed by atoms with Gasteiger partial charge >= 0.3 is 13.7 Å². The maximum absolute atomic E-state index is 13.7. The molecular weight excluding hydrogens is 543 g/mol. The van der Waals surface area contributed by atoms with Crippen LogP contribution in [0.2, 0.25) is 0 Å². The number of hydrogen-bond acceptors (Lipinski definition) is 12. The maximum atomic E-state index is 13.7. The standard InChI is InChI=1S/C25H33N6O8P/c1-24(2,3)23(34)37-13-12-30-40(35,39-17-8-6-5-7-9-17)38-15-25(14-26,36-4)21(33)20(32)18-10-11-19-22(27)28-16-29-31(18)19/h5-11,16,20-21,32-33H,12-13,15H2,1-4H3,(H,30,35)(H2,27,28,29)/t20-,21-,25+,40?/m0/s1. The van der Waals surface area contributed by atoms with Gasteiger partial charge in [-0.3, -0.25) is 9.32 Å². The van der Waals surface area contributed by atoms with Gasteiger partial charge in [0.2, 0.25) is 5.60 Å². The van der Waals surface area contributed by atoms with Crippen molar-refractivity contribution in [3.05, 3.63) is 54.5 Å². The van der Waals surface area contributed by atoms with Gasteiger partial charge in [0.05, 0.1) is 11.1 Å². The molecule has 216 valence electrons. The summed E-state index contributed by atoms with van der Waals surface area (Å²) in [6.45, 7) is 4.01. The summed E-state index contributed by atoms with van der Waals surface area (Å²) in [4.78, 5) is 15.9. The summed E-state index contributed by atoms with van der Waals surface area (Å²) >= 11 is 0. The maximum Gasteiger partial charge on any atom is 0.458 e. The van der Waals surface area contributed by atoms with Crippen LogP contribution < -0.4 is 15.3 Å². The van der Waals surface area contributed by atoms with Crippen molar-refractivity contribution in [2.24, 2.45) is 5.41 Å². The molecular formula is C25H33N6O8P. The van der Waals surface area contributed by atoms with Gasteiger partial charge in [-0.05, 0) is 45.0 Å². The van der Waals surface area contributed by atoms with E-state index >= 15 is 0 Å². The van der Waals surface area contributed by atoms with E-state index in [0.29, 0.717) is 5.52 Å². The first-order valence-corrected chi connectivity index (χ1v) is 13.7. The molecule has 1 aromatic carbocycles. The van der Waals surface area contributed by atoms with Crippen LogP contribution in [-0.4, -0.2) is 69.4 Å². The first-order valence-electron chi connectivity index (χ1n) is 12.2. The lowest BCUT2D eigenvalue weighted by molar-refractivity contribution is -0.152. The Kier molecular flexibility index (Phi) is 9.86. The molecule has 0 spiro atoms. The van der Waals surface area contributed by atoms with Gasteiger partial charge in [0.1, 0.15) is 49.1 Å². The molecule has 0 radical (unpaired) electrons. The second kappa shape index (κ2) is 12.7. The fourth-order valence-corrected chi connectivity index (χ4v) is 4.81. The van der Waals surface area contributed by atoms with Gasteiger partial charge in [0.25, 0.3) is 0 Å². The smallest absolute Gasteiger partial charge is 0.458 e. The number of nitrogens with two attached hydrogens (primary N) is 1. The lowest BCUT2D eigenvalue weighted by Gasteiger charge is -2.33. The molecule has 0 aliphatic heterocycles. The van der Waals surface area contributed by atoms with E-state index < -0.39 is 43.5 Å². The summed E-state index contributed by atoms with van der Waals surface area (Å²) < 4.78 is 36.6. The number of nitrogen functional groups attached to an aromatic ring is 1. The minimum atomic E-state index is -4.25. The SMILES string of the molecule is CO[C@](C#N)(COP(=O)(NCCOC(=O)C(C)(C)C)Oc1ccccc1)[C@@H](O)[C@@H](O)c1ccc2c(N)ncnn12. The zero-order valence-electron chi connectivity index (χ0n) is 22.6. The second-order valence-corrected chi connectivity index (χ2v) is 11.5. The molecule has 2 aromatic heterocycles. The Balaban J connectivity index is 1.80. The Bertz CT molecular complexity index is 1390. The lowest BCUT2D eigenvalue weighted by Crippen LogP contribution is -2.50. The lowest BCUT2D eigenvalue weighted by atomic mass is 9.93. The van der Waals surface area contributed by atoms with E-state index in [2.05, 4.69) is 15.2 Å². The summed E-state index contributed by atoms with van der Waals surface area (Å²) in [7, 11) is -3.12. The minimum absolute atomic E-state index is 0.0933. The predicted molar refractivity (Wildman–Crippen MR) is 143 cm³/mol. The molecule has 40 heavy (non-hydrogen) atoms. The highest BCUT2D eigenvalue weighted by molar-refractivity contribution is 7.52. The number of aliphatic hydroxyl groups excluding tert-OH is 2. The topological polar surface area (TPSA) is 204 Å². The van der Waals surface area contributed by atoms with Gasteiger partial charge < -0.3 is 29.9 Å². The van der Waals surface area contributed by atoms with Crippen molar-refractivity contribution in [1.82, 2.24) is 19.7 Å². The zero-order chi connectivity index (χ0) is 29.6. The summed E-state index contributed by atoms with van der Waals surface area (Å²) in [6.07, 6.45) is -2.45. The predicted octanol–water partition coefficient (Wildman–Crippen LogP) is 2.00. The number of nitrogens with one attached hydrogen (secondary N) is 1. The Hall–Kier alpha value is -3.57. The summed E-state index contributed by atoms with van der Waals surface area (Å²) in [5.74, 6) is -0.135. The third-order valence-corrected chi connectivity index (χ3v) is 7.35. The molecule has 0 bridgehead atoms. The van der Waals surface area contributed by atoms with E-state index in [0.717, 1.165) is 7.11 Å². The molecule has 0 saturated heterocycles. The Morgan fingerprint density at radius 1 is 1.23 bits per heavy atom. The van der Waals surface area contributed by atoms with Crippen LogP contribution in [-0.2, 0) is 23.4 Å².